The van der Waals surface area contributed by atoms with E-state index in [2.05, 4.69) is 77.8 Å². The minimum atomic E-state index is 0. The SMILES string of the molecule is Cc1cccc(C)c1-c1ccc2c(c1)c1ccc[c-]c1c1nc(C#N)c(C)n21.[Ir]. The number of benzene rings is 3. The van der Waals surface area contributed by atoms with Gasteiger partial charge in [0.25, 0.3) is 0 Å². The molecule has 0 N–H and O–H groups in total. The van der Waals surface area contributed by atoms with Crippen molar-refractivity contribution < 1.29 is 20.1 Å². The van der Waals surface area contributed by atoms with E-state index >= 15 is 0 Å². The van der Waals surface area contributed by atoms with Gasteiger partial charge in [-0.25, -0.2) is 0 Å². The number of fused-ring (bicyclic) bond motifs is 6. The summed E-state index contributed by atoms with van der Waals surface area (Å²) < 4.78 is 2.08. The maximum Gasteiger partial charge on any atom is 0.151 e. The van der Waals surface area contributed by atoms with E-state index in [1.165, 1.54) is 22.3 Å². The molecule has 5 aromatic rings. The zero-order valence-electron chi connectivity index (χ0n) is 16.4. The van der Waals surface area contributed by atoms with Crippen LogP contribution in [0.5, 0.6) is 0 Å². The average molecular weight is 553 g/mol. The van der Waals surface area contributed by atoms with Gasteiger partial charge in [0.2, 0.25) is 0 Å². The molecule has 2 aromatic heterocycles. The van der Waals surface area contributed by atoms with Crippen molar-refractivity contribution in [2.75, 3.05) is 0 Å². The van der Waals surface area contributed by atoms with Gasteiger partial charge >= 0.3 is 0 Å². The molecule has 0 atom stereocenters. The molecule has 3 aromatic carbocycles. The van der Waals surface area contributed by atoms with Gasteiger partial charge in [0, 0.05) is 31.3 Å². The number of aryl methyl sites for hydroxylation is 3. The van der Waals surface area contributed by atoms with E-state index in [1.807, 2.05) is 19.1 Å². The van der Waals surface area contributed by atoms with Crippen LogP contribution in [0.3, 0.4) is 0 Å². The van der Waals surface area contributed by atoms with Crippen molar-refractivity contribution in [3.63, 3.8) is 0 Å². The molecule has 0 aliphatic rings. The van der Waals surface area contributed by atoms with Gasteiger partial charge in [0.1, 0.15) is 6.07 Å². The first-order valence-corrected chi connectivity index (χ1v) is 9.32. The fourth-order valence-corrected chi connectivity index (χ4v) is 4.29. The first kappa shape index (κ1) is 19.3. The molecular weight excluding hydrogens is 535 g/mol. The van der Waals surface area contributed by atoms with Gasteiger partial charge in [-0.1, -0.05) is 35.7 Å². The van der Waals surface area contributed by atoms with Crippen LogP contribution in [0.4, 0.5) is 0 Å². The van der Waals surface area contributed by atoms with E-state index in [1.54, 1.807) is 0 Å². The maximum absolute atomic E-state index is 9.48. The molecule has 0 unspecified atom stereocenters. The average Bonchev–Trinajstić information content (AvgIpc) is 3.05. The molecule has 1 radical (unpaired) electrons. The van der Waals surface area contributed by atoms with Crippen molar-refractivity contribution in [2.24, 2.45) is 0 Å². The zero-order chi connectivity index (χ0) is 19.4. The molecule has 0 amide bonds. The van der Waals surface area contributed by atoms with Gasteiger partial charge in [-0.3, -0.25) is 4.98 Å². The van der Waals surface area contributed by atoms with E-state index in [0.717, 1.165) is 33.0 Å². The predicted molar refractivity (Wildman–Crippen MR) is 113 cm³/mol. The van der Waals surface area contributed by atoms with Crippen molar-refractivity contribution in [3.05, 3.63) is 83.2 Å². The summed E-state index contributed by atoms with van der Waals surface area (Å²) >= 11 is 0. The van der Waals surface area contributed by atoms with Crippen LogP contribution in [0.15, 0.2) is 54.6 Å². The normalized spacial score (nSPS) is 11.0. The number of hydrogen-bond donors (Lipinski definition) is 0. The molecular formula is C25H18IrN3-. The Kier molecular flexibility index (Phi) is 4.74. The van der Waals surface area contributed by atoms with Crippen LogP contribution in [0.1, 0.15) is 22.5 Å². The summed E-state index contributed by atoms with van der Waals surface area (Å²) in [6.45, 7) is 6.26. The minimum absolute atomic E-state index is 0. The molecule has 0 aliphatic carbocycles. The van der Waals surface area contributed by atoms with Gasteiger partial charge in [0.05, 0.1) is 5.65 Å². The molecule has 0 saturated carbocycles. The molecule has 4 heteroatoms. The van der Waals surface area contributed by atoms with Crippen molar-refractivity contribution >= 4 is 27.3 Å². The monoisotopic (exact) mass is 553 g/mol. The topological polar surface area (TPSA) is 41.1 Å². The third-order valence-corrected chi connectivity index (χ3v) is 5.59. The van der Waals surface area contributed by atoms with E-state index in [0.29, 0.717) is 5.69 Å². The summed E-state index contributed by atoms with van der Waals surface area (Å²) in [5.74, 6) is 0. The van der Waals surface area contributed by atoms with Crippen LogP contribution in [0, 0.1) is 38.2 Å². The second-order valence-corrected chi connectivity index (χ2v) is 7.27. The van der Waals surface area contributed by atoms with Crippen LogP contribution < -0.4 is 0 Å². The Bertz CT molecular complexity index is 1430. The Labute approximate surface area is 183 Å². The van der Waals surface area contributed by atoms with Crippen molar-refractivity contribution in [1.82, 2.24) is 9.38 Å². The second kappa shape index (κ2) is 7.12. The second-order valence-electron chi connectivity index (χ2n) is 7.27. The van der Waals surface area contributed by atoms with Gasteiger partial charge in [-0.05, 0) is 54.5 Å². The Morgan fingerprint density at radius 2 is 1.72 bits per heavy atom. The number of pyridine rings is 1. The zero-order valence-corrected chi connectivity index (χ0v) is 18.8. The molecule has 29 heavy (non-hydrogen) atoms. The Morgan fingerprint density at radius 3 is 2.45 bits per heavy atom. The summed E-state index contributed by atoms with van der Waals surface area (Å²) in [4.78, 5) is 4.59. The molecule has 5 rings (SSSR count). The van der Waals surface area contributed by atoms with Crippen molar-refractivity contribution in [1.29, 1.82) is 5.26 Å². The van der Waals surface area contributed by atoms with Gasteiger partial charge in [-0.15, -0.1) is 29.7 Å². The molecule has 0 fully saturated rings. The van der Waals surface area contributed by atoms with E-state index in [-0.39, 0.29) is 20.1 Å². The summed E-state index contributed by atoms with van der Waals surface area (Å²) in [6.07, 6.45) is 0. The molecule has 0 bridgehead atoms. The van der Waals surface area contributed by atoms with E-state index in [4.69, 9.17) is 0 Å². The molecule has 3 nitrogen and oxygen atoms in total. The number of rotatable bonds is 1. The van der Waals surface area contributed by atoms with Crippen LogP contribution in [-0.2, 0) is 20.1 Å². The number of aromatic nitrogens is 2. The van der Waals surface area contributed by atoms with E-state index in [9.17, 15) is 5.26 Å². The molecule has 0 spiro atoms. The van der Waals surface area contributed by atoms with Gasteiger partial charge in [0.15, 0.2) is 5.69 Å². The maximum atomic E-state index is 9.48. The van der Waals surface area contributed by atoms with Gasteiger partial charge < -0.3 is 4.40 Å². The summed E-state index contributed by atoms with van der Waals surface area (Å²) in [6, 6.07) is 24.6. The first-order chi connectivity index (χ1) is 13.6. The Morgan fingerprint density at radius 1 is 0.966 bits per heavy atom. The number of imidazole rings is 1. The van der Waals surface area contributed by atoms with Crippen LogP contribution >= 0.6 is 0 Å². The quantitative estimate of drug-likeness (QED) is 0.192. The predicted octanol–water partition coefficient (Wildman–Crippen LogP) is 5.90. The molecule has 0 saturated heterocycles. The minimum Gasteiger partial charge on any atom is -0.336 e. The number of hydrogen-bond acceptors (Lipinski definition) is 2. The standard InChI is InChI=1S/C25H18N3.Ir/c1-15-7-6-8-16(2)24(15)18-11-12-23-21(13-18)19-9-4-5-10-20(19)25-27-22(14-26)17(3)28(23)25;/h4-9,11-13H,1-3H3;/q-1;. The summed E-state index contributed by atoms with van der Waals surface area (Å²) in [7, 11) is 0. The Hall–Kier alpha value is -2.99. The van der Waals surface area contributed by atoms with Crippen molar-refractivity contribution in [3.8, 4) is 17.2 Å². The third kappa shape index (κ3) is 2.78. The van der Waals surface area contributed by atoms with Crippen LogP contribution in [0.2, 0.25) is 0 Å². The summed E-state index contributed by atoms with van der Waals surface area (Å²) in [5, 5.41) is 12.7. The number of nitriles is 1. The van der Waals surface area contributed by atoms with Crippen LogP contribution in [-0.4, -0.2) is 9.38 Å². The first-order valence-electron chi connectivity index (χ1n) is 9.32. The molecule has 2 heterocycles. The largest absolute Gasteiger partial charge is 0.336 e. The van der Waals surface area contributed by atoms with Gasteiger partial charge in [-0.2, -0.15) is 5.26 Å². The fourth-order valence-electron chi connectivity index (χ4n) is 4.29. The van der Waals surface area contributed by atoms with E-state index < -0.39 is 0 Å². The fraction of sp³-hybridized carbons (Fsp3) is 0.120. The Balaban J connectivity index is 0.00000205. The smallest absolute Gasteiger partial charge is 0.151 e. The summed E-state index contributed by atoms with van der Waals surface area (Å²) in [5.41, 5.74) is 8.18. The molecule has 0 aliphatic heterocycles. The number of nitrogens with zero attached hydrogens (tertiary/aromatic N) is 3. The third-order valence-electron chi connectivity index (χ3n) is 5.59. The molecule has 143 valence electrons. The van der Waals surface area contributed by atoms with Crippen molar-refractivity contribution in [2.45, 2.75) is 20.8 Å². The van der Waals surface area contributed by atoms with Crippen LogP contribution in [0.25, 0.3) is 38.4 Å².